The number of halogens is 1. The molecule has 1 aliphatic rings. The molecule has 0 radical (unpaired) electrons. The Morgan fingerprint density at radius 1 is 1.26 bits per heavy atom. The molecular formula is C16H17BrN2. The standard InChI is InChI=1S/C16H17BrN2/c1-11(12-6-8-18-9-7-12)19-16-5-2-13-10-14(17)3-4-15(13)16/h3-4,6-11,16,19H,2,5H2,1H3. The first-order valence-corrected chi connectivity index (χ1v) is 7.47. The van der Waals surface area contributed by atoms with Crippen molar-refractivity contribution in [2.24, 2.45) is 0 Å². The first kappa shape index (κ1) is 12.8. The van der Waals surface area contributed by atoms with E-state index in [0.717, 1.165) is 6.42 Å². The molecule has 1 aliphatic carbocycles. The van der Waals surface area contributed by atoms with Crippen LogP contribution in [0.2, 0.25) is 0 Å². The maximum absolute atomic E-state index is 4.07. The molecule has 0 saturated carbocycles. The maximum Gasteiger partial charge on any atom is 0.0331 e. The van der Waals surface area contributed by atoms with Crippen LogP contribution >= 0.6 is 15.9 Å². The highest BCUT2D eigenvalue weighted by molar-refractivity contribution is 9.10. The molecule has 1 heterocycles. The minimum atomic E-state index is 0.350. The van der Waals surface area contributed by atoms with Crippen LogP contribution in [-0.4, -0.2) is 4.98 Å². The molecule has 0 bridgehead atoms. The molecule has 1 aromatic heterocycles. The third-order valence-corrected chi connectivity index (χ3v) is 4.33. The van der Waals surface area contributed by atoms with Gasteiger partial charge in [-0.15, -0.1) is 0 Å². The van der Waals surface area contributed by atoms with Crippen LogP contribution in [0, 0.1) is 0 Å². The molecule has 1 N–H and O–H groups in total. The Labute approximate surface area is 122 Å². The van der Waals surface area contributed by atoms with Gasteiger partial charge in [-0.25, -0.2) is 0 Å². The summed E-state index contributed by atoms with van der Waals surface area (Å²) in [6.45, 7) is 2.21. The van der Waals surface area contributed by atoms with E-state index in [1.807, 2.05) is 12.4 Å². The molecule has 2 nitrogen and oxygen atoms in total. The highest BCUT2D eigenvalue weighted by Crippen LogP contribution is 2.34. The van der Waals surface area contributed by atoms with Crippen molar-refractivity contribution in [1.82, 2.24) is 10.3 Å². The van der Waals surface area contributed by atoms with Gasteiger partial charge in [-0.1, -0.05) is 22.0 Å². The number of nitrogens with zero attached hydrogens (tertiary/aromatic N) is 1. The number of rotatable bonds is 3. The second-order valence-electron chi connectivity index (χ2n) is 5.10. The first-order valence-electron chi connectivity index (χ1n) is 6.68. The van der Waals surface area contributed by atoms with Crippen molar-refractivity contribution in [3.63, 3.8) is 0 Å². The van der Waals surface area contributed by atoms with Gasteiger partial charge in [0, 0.05) is 29.0 Å². The van der Waals surface area contributed by atoms with Crippen molar-refractivity contribution in [2.75, 3.05) is 0 Å². The minimum absolute atomic E-state index is 0.350. The summed E-state index contributed by atoms with van der Waals surface area (Å²) in [7, 11) is 0. The zero-order valence-electron chi connectivity index (χ0n) is 10.9. The summed E-state index contributed by atoms with van der Waals surface area (Å²) in [5.41, 5.74) is 4.21. The summed E-state index contributed by atoms with van der Waals surface area (Å²) < 4.78 is 1.18. The van der Waals surface area contributed by atoms with Gasteiger partial charge in [-0.05, 0) is 60.7 Å². The Morgan fingerprint density at radius 2 is 2.05 bits per heavy atom. The summed E-state index contributed by atoms with van der Waals surface area (Å²) in [5.74, 6) is 0. The van der Waals surface area contributed by atoms with Crippen molar-refractivity contribution in [3.8, 4) is 0 Å². The monoisotopic (exact) mass is 316 g/mol. The van der Waals surface area contributed by atoms with Crippen molar-refractivity contribution in [1.29, 1.82) is 0 Å². The summed E-state index contributed by atoms with van der Waals surface area (Å²) in [6.07, 6.45) is 6.05. The Kier molecular flexibility index (Phi) is 3.67. The Morgan fingerprint density at radius 3 is 2.84 bits per heavy atom. The third-order valence-electron chi connectivity index (χ3n) is 3.84. The lowest BCUT2D eigenvalue weighted by Crippen LogP contribution is -2.22. The van der Waals surface area contributed by atoms with Crippen LogP contribution in [0.1, 0.15) is 42.1 Å². The number of hydrogen-bond acceptors (Lipinski definition) is 2. The summed E-state index contributed by atoms with van der Waals surface area (Å²) in [6, 6.07) is 11.6. The summed E-state index contributed by atoms with van der Waals surface area (Å²) >= 11 is 3.55. The van der Waals surface area contributed by atoms with Crippen LogP contribution in [0.15, 0.2) is 47.2 Å². The van der Waals surface area contributed by atoms with Crippen molar-refractivity contribution >= 4 is 15.9 Å². The molecule has 0 amide bonds. The normalized spacial score (nSPS) is 19.2. The van der Waals surface area contributed by atoms with E-state index in [0.29, 0.717) is 12.1 Å². The molecule has 2 unspecified atom stereocenters. The molecule has 3 heteroatoms. The second kappa shape index (κ2) is 5.43. The van der Waals surface area contributed by atoms with Gasteiger partial charge in [0.25, 0.3) is 0 Å². The van der Waals surface area contributed by atoms with Crippen LogP contribution < -0.4 is 5.32 Å². The minimum Gasteiger partial charge on any atom is -0.303 e. The van der Waals surface area contributed by atoms with Crippen LogP contribution in [0.4, 0.5) is 0 Å². The second-order valence-corrected chi connectivity index (χ2v) is 6.02. The van der Waals surface area contributed by atoms with Gasteiger partial charge < -0.3 is 5.32 Å². The van der Waals surface area contributed by atoms with Gasteiger partial charge >= 0.3 is 0 Å². The summed E-state index contributed by atoms with van der Waals surface area (Å²) in [4.78, 5) is 4.07. The van der Waals surface area contributed by atoms with Gasteiger partial charge in [-0.2, -0.15) is 0 Å². The molecular weight excluding hydrogens is 300 g/mol. The number of aromatic nitrogens is 1. The highest BCUT2D eigenvalue weighted by Gasteiger charge is 2.23. The largest absolute Gasteiger partial charge is 0.303 e. The Bertz CT molecular complexity index is 568. The zero-order chi connectivity index (χ0) is 13.2. The van der Waals surface area contributed by atoms with Crippen molar-refractivity contribution in [3.05, 3.63) is 63.9 Å². The number of nitrogens with one attached hydrogen (secondary N) is 1. The van der Waals surface area contributed by atoms with Crippen LogP contribution in [-0.2, 0) is 6.42 Å². The fraction of sp³-hybridized carbons (Fsp3) is 0.312. The molecule has 2 atom stereocenters. The maximum atomic E-state index is 4.07. The molecule has 0 fully saturated rings. The molecule has 0 spiro atoms. The van der Waals surface area contributed by atoms with Gasteiger partial charge in [-0.3, -0.25) is 4.98 Å². The highest BCUT2D eigenvalue weighted by atomic mass is 79.9. The fourth-order valence-electron chi connectivity index (χ4n) is 2.81. The van der Waals surface area contributed by atoms with Crippen LogP contribution in [0.5, 0.6) is 0 Å². The van der Waals surface area contributed by atoms with E-state index in [2.05, 4.69) is 63.5 Å². The molecule has 0 saturated heterocycles. The van der Waals surface area contributed by atoms with E-state index in [9.17, 15) is 0 Å². The number of hydrogen-bond donors (Lipinski definition) is 1. The summed E-state index contributed by atoms with van der Waals surface area (Å²) in [5, 5.41) is 3.73. The van der Waals surface area contributed by atoms with Crippen molar-refractivity contribution in [2.45, 2.75) is 31.8 Å². The molecule has 1 aromatic carbocycles. The lowest BCUT2D eigenvalue weighted by Gasteiger charge is -2.20. The molecule has 19 heavy (non-hydrogen) atoms. The average molecular weight is 317 g/mol. The molecule has 98 valence electrons. The topological polar surface area (TPSA) is 24.9 Å². The van der Waals surface area contributed by atoms with E-state index in [1.165, 1.54) is 27.6 Å². The zero-order valence-corrected chi connectivity index (χ0v) is 12.5. The predicted molar refractivity (Wildman–Crippen MR) is 81.0 cm³/mol. The average Bonchev–Trinajstić information content (AvgIpc) is 2.82. The predicted octanol–water partition coefficient (Wildman–Crippen LogP) is 4.18. The lowest BCUT2D eigenvalue weighted by molar-refractivity contribution is 0.464. The number of aryl methyl sites for hydroxylation is 1. The van der Waals surface area contributed by atoms with Gasteiger partial charge in [0.15, 0.2) is 0 Å². The number of benzene rings is 1. The quantitative estimate of drug-likeness (QED) is 0.918. The lowest BCUT2D eigenvalue weighted by atomic mass is 10.1. The van der Waals surface area contributed by atoms with Crippen molar-refractivity contribution < 1.29 is 0 Å². The van der Waals surface area contributed by atoms with Crippen LogP contribution in [0.25, 0.3) is 0 Å². The van der Waals surface area contributed by atoms with Gasteiger partial charge in [0.1, 0.15) is 0 Å². The molecule has 3 rings (SSSR count). The SMILES string of the molecule is CC(NC1CCc2cc(Br)ccc21)c1ccncc1. The Balaban J connectivity index is 1.76. The molecule has 2 aromatic rings. The van der Waals surface area contributed by atoms with E-state index in [4.69, 9.17) is 0 Å². The van der Waals surface area contributed by atoms with E-state index in [-0.39, 0.29) is 0 Å². The van der Waals surface area contributed by atoms with E-state index >= 15 is 0 Å². The third kappa shape index (κ3) is 2.72. The molecule has 0 aliphatic heterocycles. The number of fused-ring (bicyclic) bond motifs is 1. The van der Waals surface area contributed by atoms with E-state index < -0.39 is 0 Å². The first-order chi connectivity index (χ1) is 9.24. The fourth-order valence-corrected chi connectivity index (χ4v) is 3.22. The van der Waals surface area contributed by atoms with E-state index in [1.54, 1.807) is 0 Å². The number of pyridine rings is 1. The Hall–Kier alpha value is -1.19. The van der Waals surface area contributed by atoms with Crippen LogP contribution in [0.3, 0.4) is 0 Å². The smallest absolute Gasteiger partial charge is 0.0331 e. The van der Waals surface area contributed by atoms with Gasteiger partial charge in [0.2, 0.25) is 0 Å². The van der Waals surface area contributed by atoms with Gasteiger partial charge in [0.05, 0.1) is 0 Å².